The van der Waals surface area contributed by atoms with E-state index in [0.29, 0.717) is 13.1 Å². The maximum Gasteiger partial charge on any atom is 0.376 e. The Labute approximate surface area is 165 Å². The first-order valence-corrected chi connectivity index (χ1v) is 9.55. The van der Waals surface area contributed by atoms with Crippen molar-refractivity contribution in [3.8, 4) is 0 Å². The predicted octanol–water partition coefficient (Wildman–Crippen LogP) is 1.94. The number of amides is 1. The molecule has 1 saturated heterocycles. The average Bonchev–Trinajstić information content (AvgIpc) is 3.20. The summed E-state index contributed by atoms with van der Waals surface area (Å²) in [5.74, 6) is -1.65. The Morgan fingerprint density at radius 2 is 1.68 bits per heavy atom. The Hall–Kier alpha value is -2.90. The van der Waals surface area contributed by atoms with E-state index in [4.69, 9.17) is 9.47 Å². The zero-order valence-electron chi connectivity index (χ0n) is 16.4. The summed E-state index contributed by atoms with van der Waals surface area (Å²) in [4.78, 5) is 38.7. The lowest BCUT2D eigenvalue weighted by atomic mass is 10.2. The number of benzene rings is 1. The number of hydrogen-bond acceptors (Lipinski definition) is 6. The monoisotopic (exact) mass is 389 g/mol. The van der Waals surface area contributed by atoms with Gasteiger partial charge in [-0.25, -0.2) is 9.80 Å². The first-order valence-electron chi connectivity index (χ1n) is 9.55. The Morgan fingerprint density at radius 3 is 2.29 bits per heavy atom. The van der Waals surface area contributed by atoms with Crippen molar-refractivity contribution in [2.24, 2.45) is 5.10 Å². The molecule has 1 aromatic rings. The normalized spacial score (nSPS) is 13.9. The fourth-order valence-corrected chi connectivity index (χ4v) is 2.83. The molecule has 1 heterocycles. The summed E-state index contributed by atoms with van der Waals surface area (Å²) >= 11 is 0. The van der Waals surface area contributed by atoms with Crippen LogP contribution in [0.15, 0.2) is 35.4 Å². The third kappa shape index (κ3) is 6.37. The summed E-state index contributed by atoms with van der Waals surface area (Å²) in [5.41, 5.74) is 0.827. The van der Waals surface area contributed by atoms with Gasteiger partial charge in [-0.1, -0.05) is 30.3 Å². The molecule has 0 aromatic heterocycles. The lowest BCUT2D eigenvalue weighted by Gasteiger charge is -2.23. The van der Waals surface area contributed by atoms with Crippen molar-refractivity contribution in [3.05, 3.63) is 35.9 Å². The maximum atomic E-state index is 12.7. The average molecular weight is 389 g/mol. The molecular weight excluding hydrogens is 362 g/mol. The standard InChI is InChI=1S/C20H27N3O5/c1-3-27-18(25)14-17(24)23(15-16-10-6-5-7-11-16)21-19(20(26)28-4-2)22-12-8-9-13-22/h5-7,10-11H,3-4,8-9,12-15H2,1-2H3/b21-19-. The molecule has 0 saturated carbocycles. The molecule has 1 amide bonds. The van der Waals surface area contributed by atoms with Crippen LogP contribution in [0.2, 0.25) is 0 Å². The van der Waals surface area contributed by atoms with Crippen LogP contribution in [0, 0.1) is 0 Å². The lowest BCUT2D eigenvalue weighted by molar-refractivity contribution is -0.148. The number of likely N-dealkylation sites (tertiary alicyclic amines) is 1. The molecular formula is C20H27N3O5. The second kappa shape index (κ2) is 11.1. The van der Waals surface area contributed by atoms with Gasteiger partial charge in [0.1, 0.15) is 6.42 Å². The van der Waals surface area contributed by atoms with Crippen molar-refractivity contribution >= 4 is 23.7 Å². The number of hydrogen-bond donors (Lipinski definition) is 0. The number of ether oxygens (including phenoxy) is 2. The van der Waals surface area contributed by atoms with Crippen LogP contribution >= 0.6 is 0 Å². The van der Waals surface area contributed by atoms with Gasteiger partial charge in [0.25, 0.3) is 5.91 Å². The molecule has 0 aliphatic carbocycles. The van der Waals surface area contributed by atoms with Crippen molar-refractivity contribution < 1.29 is 23.9 Å². The van der Waals surface area contributed by atoms with E-state index in [1.165, 1.54) is 0 Å². The molecule has 1 aromatic carbocycles. The molecule has 0 N–H and O–H groups in total. The quantitative estimate of drug-likeness (QED) is 0.233. The largest absolute Gasteiger partial charge is 0.466 e. The van der Waals surface area contributed by atoms with E-state index in [1.54, 1.807) is 13.8 Å². The molecule has 1 aliphatic rings. The van der Waals surface area contributed by atoms with E-state index < -0.39 is 24.3 Å². The maximum absolute atomic E-state index is 12.7. The number of hydrazone groups is 1. The van der Waals surface area contributed by atoms with Gasteiger partial charge < -0.3 is 14.4 Å². The minimum atomic E-state index is -0.625. The third-order valence-electron chi connectivity index (χ3n) is 4.14. The van der Waals surface area contributed by atoms with E-state index in [9.17, 15) is 14.4 Å². The molecule has 8 nitrogen and oxygen atoms in total. The molecule has 0 spiro atoms. The van der Waals surface area contributed by atoms with Crippen molar-refractivity contribution in [1.82, 2.24) is 9.91 Å². The van der Waals surface area contributed by atoms with Crippen LogP contribution in [0.4, 0.5) is 0 Å². The molecule has 28 heavy (non-hydrogen) atoms. The van der Waals surface area contributed by atoms with Gasteiger partial charge >= 0.3 is 11.9 Å². The van der Waals surface area contributed by atoms with Crippen molar-refractivity contribution in [1.29, 1.82) is 0 Å². The number of carbonyl (C=O) groups excluding carboxylic acids is 3. The van der Waals surface area contributed by atoms with Crippen LogP contribution in [0.25, 0.3) is 0 Å². The van der Waals surface area contributed by atoms with Gasteiger partial charge in [0.2, 0.25) is 5.84 Å². The fraction of sp³-hybridized carbons (Fsp3) is 0.500. The Kier molecular flexibility index (Phi) is 8.45. The highest BCUT2D eigenvalue weighted by Crippen LogP contribution is 2.13. The number of amidine groups is 1. The van der Waals surface area contributed by atoms with Gasteiger partial charge in [0.15, 0.2) is 0 Å². The van der Waals surface area contributed by atoms with Crippen LogP contribution in [0.1, 0.15) is 38.7 Å². The van der Waals surface area contributed by atoms with Crippen molar-refractivity contribution in [3.63, 3.8) is 0 Å². The van der Waals surface area contributed by atoms with Gasteiger partial charge in [0, 0.05) is 13.1 Å². The summed E-state index contributed by atoms with van der Waals surface area (Å²) in [6.45, 7) is 5.26. The second-order valence-electron chi connectivity index (χ2n) is 6.26. The molecule has 1 fully saturated rings. The van der Waals surface area contributed by atoms with Gasteiger partial charge in [0.05, 0.1) is 19.8 Å². The van der Waals surface area contributed by atoms with E-state index >= 15 is 0 Å². The Bertz CT molecular complexity index is 699. The predicted molar refractivity (Wildman–Crippen MR) is 103 cm³/mol. The highest BCUT2D eigenvalue weighted by molar-refractivity contribution is 6.35. The number of carbonyl (C=O) groups is 3. The summed E-state index contributed by atoms with van der Waals surface area (Å²) in [5, 5.41) is 5.48. The summed E-state index contributed by atoms with van der Waals surface area (Å²) < 4.78 is 9.99. The number of esters is 2. The fourth-order valence-electron chi connectivity index (χ4n) is 2.83. The molecule has 152 valence electrons. The highest BCUT2D eigenvalue weighted by atomic mass is 16.5. The molecule has 0 unspecified atom stereocenters. The smallest absolute Gasteiger partial charge is 0.376 e. The zero-order valence-corrected chi connectivity index (χ0v) is 16.4. The Balaban J connectivity index is 2.30. The first-order chi connectivity index (χ1) is 13.5. The topological polar surface area (TPSA) is 88.5 Å². The van der Waals surface area contributed by atoms with Crippen molar-refractivity contribution in [2.45, 2.75) is 39.7 Å². The van der Waals surface area contributed by atoms with Gasteiger partial charge in [-0.3, -0.25) is 9.59 Å². The minimum Gasteiger partial charge on any atom is -0.466 e. The van der Waals surface area contributed by atoms with E-state index in [-0.39, 0.29) is 25.6 Å². The van der Waals surface area contributed by atoms with Gasteiger partial charge in [-0.2, -0.15) is 0 Å². The first kappa shape index (κ1) is 21.4. The molecule has 2 rings (SSSR count). The molecule has 0 bridgehead atoms. The number of nitrogens with zero attached hydrogens (tertiary/aromatic N) is 3. The molecule has 8 heteroatoms. The van der Waals surface area contributed by atoms with E-state index in [0.717, 1.165) is 23.4 Å². The third-order valence-corrected chi connectivity index (χ3v) is 4.14. The van der Waals surface area contributed by atoms with Crippen LogP contribution < -0.4 is 0 Å². The molecule has 1 aliphatic heterocycles. The van der Waals surface area contributed by atoms with Gasteiger partial charge in [-0.15, -0.1) is 5.10 Å². The van der Waals surface area contributed by atoms with E-state index in [2.05, 4.69) is 5.10 Å². The van der Waals surface area contributed by atoms with Crippen LogP contribution in [-0.4, -0.2) is 59.9 Å². The lowest BCUT2D eigenvalue weighted by Crippen LogP contribution is -2.39. The Morgan fingerprint density at radius 1 is 1.04 bits per heavy atom. The summed E-state index contributed by atoms with van der Waals surface area (Å²) in [6, 6.07) is 9.26. The van der Waals surface area contributed by atoms with Crippen LogP contribution in [-0.2, 0) is 30.4 Å². The van der Waals surface area contributed by atoms with Crippen LogP contribution in [0.3, 0.4) is 0 Å². The zero-order chi connectivity index (χ0) is 20.4. The SMILES string of the molecule is CCOC(=O)CC(=O)N(Cc1ccccc1)/N=C(/C(=O)OCC)N1CCCC1. The number of rotatable bonds is 7. The van der Waals surface area contributed by atoms with E-state index in [1.807, 2.05) is 35.2 Å². The summed E-state index contributed by atoms with van der Waals surface area (Å²) in [6.07, 6.45) is 1.43. The minimum absolute atomic E-state index is 0.0903. The van der Waals surface area contributed by atoms with Crippen LogP contribution in [0.5, 0.6) is 0 Å². The molecule has 0 atom stereocenters. The summed E-state index contributed by atoms with van der Waals surface area (Å²) in [7, 11) is 0. The molecule has 0 radical (unpaired) electrons. The second-order valence-corrected chi connectivity index (χ2v) is 6.26. The van der Waals surface area contributed by atoms with Gasteiger partial charge in [-0.05, 0) is 32.3 Å². The van der Waals surface area contributed by atoms with Crippen molar-refractivity contribution in [2.75, 3.05) is 26.3 Å². The highest BCUT2D eigenvalue weighted by Gasteiger charge is 2.27.